The summed E-state index contributed by atoms with van der Waals surface area (Å²) in [6, 6.07) is 20.5. The predicted octanol–water partition coefficient (Wildman–Crippen LogP) is 3.44. The number of nitriles is 1. The fourth-order valence-corrected chi connectivity index (χ4v) is 5.97. The lowest BCUT2D eigenvalue weighted by molar-refractivity contribution is -0.142. The second-order valence-electron chi connectivity index (χ2n) is 11.0. The summed E-state index contributed by atoms with van der Waals surface area (Å²) in [6.45, 7) is 0.367. The molecule has 4 N–H and O–H groups in total. The zero-order valence-corrected chi connectivity index (χ0v) is 24.0. The third-order valence-corrected chi connectivity index (χ3v) is 8.27. The summed E-state index contributed by atoms with van der Waals surface area (Å²) >= 11 is 0. The van der Waals surface area contributed by atoms with Crippen molar-refractivity contribution in [3.63, 3.8) is 0 Å². The van der Waals surface area contributed by atoms with Crippen LogP contribution in [0.4, 0.5) is 5.69 Å². The molecule has 0 unspecified atom stereocenters. The molecule has 2 atom stereocenters. The van der Waals surface area contributed by atoms with Gasteiger partial charge in [0.15, 0.2) is 5.78 Å². The van der Waals surface area contributed by atoms with Crippen LogP contribution >= 0.6 is 0 Å². The molecule has 0 radical (unpaired) electrons. The summed E-state index contributed by atoms with van der Waals surface area (Å²) in [5, 5.41) is 15.5. The Morgan fingerprint density at radius 1 is 0.930 bits per heavy atom. The van der Waals surface area contributed by atoms with Crippen LogP contribution in [0, 0.1) is 11.3 Å². The van der Waals surface area contributed by atoms with Gasteiger partial charge in [0.05, 0.1) is 11.3 Å². The maximum Gasteiger partial charge on any atom is 0.247 e. The van der Waals surface area contributed by atoms with Gasteiger partial charge in [-0.05, 0) is 60.5 Å². The first-order valence-corrected chi connectivity index (χ1v) is 14.7. The van der Waals surface area contributed by atoms with E-state index in [9.17, 15) is 24.4 Å². The Balaban J connectivity index is 1.31. The first-order valence-electron chi connectivity index (χ1n) is 14.7. The number of carbonyl (C=O) groups is 4. The number of benzene rings is 3. The van der Waals surface area contributed by atoms with Crippen molar-refractivity contribution in [3.05, 3.63) is 100 Å². The third-order valence-electron chi connectivity index (χ3n) is 8.27. The van der Waals surface area contributed by atoms with E-state index in [0.717, 1.165) is 41.5 Å². The van der Waals surface area contributed by atoms with E-state index in [1.165, 1.54) is 4.90 Å². The Morgan fingerprint density at radius 3 is 2.42 bits per heavy atom. The zero-order valence-electron chi connectivity index (χ0n) is 24.0. The second-order valence-corrected chi connectivity index (χ2v) is 11.0. The number of nitrogens with two attached hydrogens (primary N) is 1. The Bertz CT molecular complexity index is 1580. The molecular formula is C34H35N5O4. The van der Waals surface area contributed by atoms with Crippen LogP contribution in [0.5, 0.6) is 0 Å². The summed E-state index contributed by atoms with van der Waals surface area (Å²) in [5.74, 6) is -1.40. The SMILES string of the molecule is N#Cc1c(NC(=O)[C@H](CCN)NC(=O)[C@@H]2Cc3ccccc3CN2C(=O)CCC(=O)c2ccccc2)ccc2c1CCC2. The molecule has 3 aromatic rings. The molecule has 5 rings (SSSR count). The topological polar surface area (TPSA) is 145 Å². The number of carbonyl (C=O) groups excluding carboxylic acids is 4. The van der Waals surface area contributed by atoms with Crippen molar-refractivity contribution in [2.75, 3.05) is 11.9 Å². The van der Waals surface area contributed by atoms with Crippen molar-refractivity contribution >= 4 is 29.2 Å². The maximum absolute atomic E-state index is 13.8. The minimum absolute atomic E-state index is 0.0234. The minimum Gasteiger partial charge on any atom is -0.342 e. The van der Waals surface area contributed by atoms with Gasteiger partial charge in [0, 0.05) is 31.4 Å². The van der Waals surface area contributed by atoms with Crippen LogP contribution in [0.25, 0.3) is 0 Å². The van der Waals surface area contributed by atoms with Crippen LogP contribution in [0.3, 0.4) is 0 Å². The van der Waals surface area contributed by atoms with Gasteiger partial charge in [-0.15, -0.1) is 0 Å². The summed E-state index contributed by atoms with van der Waals surface area (Å²) in [4.78, 5) is 54.8. The van der Waals surface area contributed by atoms with Gasteiger partial charge in [-0.3, -0.25) is 19.2 Å². The summed E-state index contributed by atoms with van der Waals surface area (Å²) in [5.41, 5.74) is 11.2. The highest BCUT2D eigenvalue weighted by molar-refractivity contribution is 6.00. The number of hydrogen-bond donors (Lipinski definition) is 3. The van der Waals surface area contributed by atoms with Crippen molar-refractivity contribution in [2.24, 2.45) is 5.73 Å². The number of Topliss-reactive ketones (excluding diaryl/α,β-unsaturated/α-hetero) is 1. The van der Waals surface area contributed by atoms with Crippen LogP contribution in [0.15, 0.2) is 66.7 Å². The summed E-state index contributed by atoms with van der Waals surface area (Å²) in [6.07, 6.45) is 3.09. The molecule has 0 fully saturated rings. The highest BCUT2D eigenvalue weighted by Gasteiger charge is 2.36. The summed E-state index contributed by atoms with van der Waals surface area (Å²) < 4.78 is 0. The standard InChI is InChI=1S/C34H35N5O4/c35-18-17-29(33(42)37-28-14-13-22-11-6-12-26(22)27(28)20-36)38-34(43)30-19-24-9-4-5-10-25(24)21-39(30)32(41)16-15-31(40)23-7-2-1-3-8-23/h1-5,7-10,13-14,29-30H,6,11-12,15-19,21,35H2,(H,37,42)(H,38,43)/t29-,30-/m0/s1. The van der Waals surface area contributed by atoms with E-state index in [2.05, 4.69) is 16.7 Å². The van der Waals surface area contributed by atoms with Gasteiger partial charge < -0.3 is 21.3 Å². The molecule has 0 saturated heterocycles. The molecule has 1 aliphatic carbocycles. The second kappa shape index (κ2) is 13.4. The van der Waals surface area contributed by atoms with Crippen molar-refractivity contribution in [2.45, 2.75) is 63.6 Å². The Kier molecular flexibility index (Phi) is 9.28. The van der Waals surface area contributed by atoms with E-state index in [4.69, 9.17) is 5.73 Å². The van der Waals surface area contributed by atoms with Crippen molar-refractivity contribution in [1.82, 2.24) is 10.2 Å². The van der Waals surface area contributed by atoms with Gasteiger partial charge in [-0.1, -0.05) is 60.7 Å². The first-order chi connectivity index (χ1) is 20.9. The number of nitrogens with zero attached hydrogens (tertiary/aromatic N) is 2. The van der Waals surface area contributed by atoms with E-state index in [0.29, 0.717) is 16.8 Å². The lowest BCUT2D eigenvalue weighted by atomic mass is 9.92. The van der Waals surface area contributed by atoms with E-state index >= 15 is 0 Å². The average molecular weight is 578 g/mol. The smallest absolute Gasteiger partial charge is 0.247 e. The van der Waals surface area contributed by atoms with Crippen LogP contribution < -0.4 is 16.4 Å². The number of nitrogens with one attached hydrogen (secondary N) is 2. The molecule has 0 spiro atoms. The molecule has 0 aromatic heterocycles. The first kappa shape index (κ1) is 29.7. The van der Waals surface area contributed by atoms with Gasteiger partial charge in [0.1, 0.15) is 18.2 Å². The minimum atomic E-state index is -0.967. The number of anilines is 1. The number of fused-ring (bicyclic) bond motifs is 2. The van der Waals surface area contributed by atoms with Crippen LogP contribution in [-0.2, 0) is 40.2 Å². The van der Waals surface area contributed by atoms with E-state index in [1.54, 1.807) is 30.3 Å². The maximum atomic E-state index is 13.8. The number of aryl methyl sites for hydroxylation is 1. The average Bonchev–Trinajstić information content (AvgIpc) is 3.52. The predicted molar refractivity (Wildman–Crippen MR) is 162 cm³/mol. The number of hydrogen-bond acceptors (Lipinski definition) is 6. The Labute approximate surface area is 251 Å². The van der Waals surface area contributed by atoms with Gasteiger partial charge >= 0.3 is 0 Å². The fourth-order valence-electron chi connectivity index (χ4n) is 5.97. The van der Waals surface area contributed by atoms with Crippen molar-refractivity contribution < 1.29 is 19.2 Å². The molecule has 3 aromatic carbocycles. The van der Waals surface area contributed by atoms with Crippen LogP contribution in [-0.4, -0.2) is 47.0 Å². The van der Waals surface area contributed by atoms with E-state index in [-0.39, 0.29) is 50.5 Å². The Morgan fingerprint density at radius 2 is 1.67 bits per heavy atom. The molecule has 9 nitrogen and oxygen atoms in total. The van der Waals surface area contributed by atoms with Crippen molar-refractivity contribution in [3.8, 4) is 6.07 Å². The molecule has 220 valence electrons. The van der Waals surface area contributed by atoms with Crippen LogP contribution in [0.2, 0.25) is 0 Å². The fraction of sp³-hybridized carbons (Fsp3) is 0.324. The quantitative estimate of drug-likeness (QED) is 0.315. The Hall–Kier alpha value is -4.81. The van der Waals surface area contributed by atoms with Crippen LogP contribution in [0.1, 0.15) is 63.9 Å². The van der Waals surface area contributed by atoms with Gasteiger partial charge in [0.2, 0.25) is 17.7 Å². The molecule has 0 bridgehead atoms. The van der Waals surface area contributed by atoms with Gasteiger partial charge in [0.25, 0.3) is 0 Å². The lowest BCUT2D eigenvalue weighted by Crippen LogP contribution is -2.56. The number of ketones is 1. The van der Waals surface area contributed by atoms with E-state index < -0.39 is 23.9 Å². The van der Waals surface area contributed by atoms with E-state index in [1.807, 2.05) is 36.4 Å². The summed E-state index contributed by atoms with van der Waals surface area (Å²) in [7, 11) is 0. The highest BCUT2D eigenvalue weighted by Crippen LogP contribution is 2.30. The third kappa shape index (κ3) is 6.65. The molecule has 3 amide bonds. The van der Waals surface area contributed by atoms with Crippen molar-refractivity contribution in [1.29, 1.82) is 5.26 Å². The monoisotopic (exact) mass is 577 g/mol. The molecular weight excluding hydrogens is 542 g/mol. The molecule has 1 heterocycles. The highest BCUT2D eigenvalue weighted by atomic mass is 16.2. The molecule has 43 heavy (non-hydrogen) atoms. The molecule has 2 aliphatic rings. The largest absolute Gasteiger partial charge is 0.342 e. The number of amides is 3. The lowest BCUT2D eigenvalue weighted by Gasteiger charge is -2.36. The molecule has 1 aliphatic heterocycles. The van der Waals surface area contributed by atoms with Gasteiger partial charge in [-0.2, -0.15) is 5.26 Å². The zero-order chi connectivity index (χ0) is 30.3. The normalized spacial score (nSPS) is 15.9. The number of rotatable bonds is 10. The van der Waals surface area contributed by atoms with Gasteiger partial charge in [-0.25, -0.2) is 0 Å². The molecule has 9 heteroatoms. The molecule has 0 saturated carbocycles.